The van der Waals surface area contributed by atoms with Crippen molar-refractivity contribution < 1.29 is 18.0 Å². The van der Waals surface area contributed by atoms with Crippen LogP contribution in [0.5, 0.6) is 0 Å². The number of benzene rings is 1. The summed E-state index contributed by atoms with van der Waals surface area (Å²) in [5, 5.41) is 9.54. The maximum absolute atomic E-state index is 12.7. The van der Waals surface area contributed by atoms with Crippen molar-refractivity contribution in [2.24, 2.45) is 0 Å². The molecule has 0 bridgehead atoms. The van der Waals surface area contributed by atoms with Crippen molar-refractivity contribution in [2.45, 2.75) is 32.6 Å². The molecule has 8 nitrogen and oxygen atoms in total. The summed E-state index contributed by atoms with van der Waals surface area (Å²) >= 11 is 0. The first-order valence-electron chi connectivity index (χ1n) is 9.52. The SMILES string of the molecule is Cc1nc(NCc2ccc(-n3ccc(C(F)(F)F)n3)cc2)nc2c1NC(=O)[C@H](C)N2C. The van der Waals surface area contributed by atoms with Crippen molar-refractivity contribution >= 4 is 23.4 Å². The second-order valence-corrected chi connectivity index (χ2v) is 7.27. The number of hydrogen-bond donors (Lipinski definition) is 2. The number of nitrogens with one attached hydrogen (secondary N) is 2. The fourth-order valence-electron chi connectivity index (χ4n) is 3.19. The average Bonchev–Trinajstić information content (AvgIpc) is 3.23. The third-order valence-corrected chi connectivity index (χ3v) is 5.14. The van der Waals surface area contributed by atoms with Gasteiger partial charge in [0.1, 0.15) is 11.7 Å². The van der Waals surface area contributed by atoms with Crippen LogP contribution in [-0.4, -0.2) is 38.7 Å². The predicted molar refractivity (Wildman–Crippen MR) is 109 cm³/mol. The number of fused-ring (bicyclic) bond motifs is 1. The molecule has 0 radical (unpaired) electrons. The van der Waals surface area contributed by atoms with E-state index in [4.69, 9.17) is 0 Å². The van der Waals surface area contributed by atoms with Crippen LogP contribution in [0.2, 0.25) is 0 Å². The number of carbonyl (C=O) groups excluding carboxylic acids is 1. The van der Waals surface area contributed by atoms with Gasteiger partial charge in [-0.2, -0.15) is 23.3 Å². The molecule has 1 aliphatic rings. The fraction of sp³-hybridized carbons (Fsp3) is 0.300. The Kier molecular flexibility index (Phi) is 5.03. The van der Waals surface area contributed by atoms with Crippen molar-refractivity contribution in [3.05, 3.63) is 53.5 Å². The maximum atomic E-state index is 12.7. The molecule has 2 aromatic heterocycles. The lowest BCUT2D eigenvalue weighted by molar-refractivity contribution is -0.141. The Morgan fingerprint density at radius 1 is 1.16 bits per heavy atom. The molecule has 1 aliphatic heterocycles. The van der Waals surface area contributed by atoms with Crippen molar-refractivity contribution in [1.82, 2.24) is 19.7 Å². The van der Waals surface area contributed by atoms with Gasteiger partial charge in [0.2, 0.25) is 11.9 Å². The molecule has 0 spiro atoms. The first-order chi connectivity index (χ1) is 14.6. The van der Waals surface area contributed by atoms with Crippen LogP contribution in [0.25, 0.3) is 5.69 Å². The van der Waals surface area contributed by atoms with Gasteiger partial charge in [0.15, 0.2) is 11.5 Å². The van der Waals surface area contributed by atoms with Gasteiger partial charge in [-0.3, -0.25) is 4.79 Å². The number of aromatic nitrogens is 4. The van der Waals surface area contributed by atoms with Crippen LogP contribution in [-0.2, 0) is 17.5 Å². The van der Waals surface area contributed by atoms with Gasteiger partial charge < -0.3 is 15.5 Å². The van der Waals surface area contributed by atoms with Gasteiger partial charge in [-0.15, -0.1) is 0 Å². The van der Waals surface area contributed by atoms with Crippen molar-refractivity contribution in [3.63, 3.8) is 0 Å². The Bertz CT molecular complexity index is 1120. The molecule has 1 amide bonds. The first kappa shape index (κ1) is 20.6. The highest BCUT2D eigenvalue weighted by atomic mass is 19.4. The van der Waals surface area contributed by atoms with Gasteiger partial charge in [0, 0.05) is 19.8 Å². The number of halogens is 3. The largest absolute Gasteiger partial charge is 0.435 e. The number of nitrogens with zero attached hydrogens (tertiary/aromatic N) is 5. The third kappa shape index (κ3) is 4.03. The standard InChI is InChI=1S/C20H20F3N7O/c1-11-16-17(29(3)12(2)18(31)26-16)27-19(25-11)24-10-13-4-6-14(7-5-13)30-9-8-15(28-30)20(21,22)23/h4-9,12H,10H2,1-3H3,(H,26,31)(H,24,25,27)/t12-/m0/s1. The van der Waals surface area contributed by atoms with Crippen LogP contribution >= 0.6 is 0 Å². The molecule has 0 aliphatic carbocycles. The Balaban J connectivity index is 1.47. The van der Waals surface area contributed by atoms with Gasteiger partial charge in [-0.1, -0.05) is 12.1 Å². The molecule has 11 heteroatoms. The highest BCUT2D eigenvalue weighted by Gasteiger charge is 2.33. The molecule has 0 saturated heterocycles. The number of likely N-dealkylation sites (N-methyl/N-ethyl adjacent to an activating group) is 1. The number of alkyl halides is 3. The van der Waals surface area contributed by atoms with Gasteiger partial charge in [-0.25, -0.2) is 9.67 Å². The highest BCUT2D eigenvalue weighted by Crippen LogP contribution is 2.32. The lowest BCUT2D eigenvalue weighted by atomic mass is 10.2. The first-order valence-corrected chi connectivity index (χ1v) is 9.52. The number of anilines is 3. The molecule has 0 fully saturated rings. The zero-order valence-corrected chi connectivity index (χ0v) is 17.0. The minimum absolute atomic E-state index is 0.109. The van der Waals surface area contributed by atoms with E-state index >= 15 is 0 Å². The molecule has 1 atom stereocenters. The van der Waals surface area contributed by atoms with Gasteiger partial charge in [0.05, 0.1) is 11.4 Å². The predicted octanol–water partition coefficient (Wildman–Crippen LogP) is 3.38. The number of carbonyl (C=O) groups is 1. The summed E-state index contributed by atoms with van der Waals surface area (Å²) in [4.78, 5) is 22.7. The molecular weight excluding hydrogens is 411 g/mol. The topological polar surface area (TPSA) is 88.0 Å². The van der Waals surface area contributed by atoms with Crippen LogP contribution < -0.4 is 15.5 Å². The quantitative estimate of drug-likeness (QED) is 0.659. The lowest BCUT2D eigenvalue weighted by Crippen LogP contribution is -2.44. The summed E-state index contributed by atoms with van der Waals surface area (Å²) in [7, 11) is 1.80. The van der Waals surface area contributed by atoms with E-state index in [9.17, 15) is 18.0 Å². The minimum atomic E-state index is -4.48. The van der Waals surface area contributed by atoms with Crippen LogP contribution in [0, 0.1) is 6.92 Å². The van der Waals surface area contributed by atoms with Gasteiger partial charge >= 0.3 is 6.18 Å². The monoisotopic (exact) mass is 431 g/mol. The number of rotatable bonds is 4. The molecule has 4 rings (SSSR count). The second kappa shape index (κ2) is 7.56. The Morgan fingerprint density at radius 3 is 2.52 bits per heavy atom. The number of hydrogen-bond acceptors (Lipinski definition) is 6. The van der Waals surface area contributed by atoms with E-state index in [-0.39, 0.29) is 11.9 Å². The van der Waals surface area contributed by atoms with Gasteiger partial charge in [-0.05, 0) is 37.6 Å². The Labute approximate surface area is 176 Å². The van der Waals surface area contributed by atoms with Crippen molar-refractivity contribution in [1.29, 1.82) is 0 Å². The zero-order valence-electron chi connectivity index (χ0n) is 17.0. The summed E-state index contributed by atoms with van der Waals surface area (Å²) in [5.41, 5.74) is 1.72. The van der Waals surface area contributed by atoms with Crippen LogP contribution in [0.15, 0.2) is 36.5 Å². The summed E-state index contributed by atoms with van der Waals surface area (Å²) in [6, 6.07) is 7.55. The zero-order chi connectivity index (χ0) is 22.3. The van der Waals surface area contributed by atoms with E-state index in [1.54, 1.807) is 50.1 Å². The minimum Gasteiger partial charge on any atom is -0.350 e. The van der Waals surface area contributed by atoms with Crippen LogP contribution in [0.3, 0.4) is 0 Å². The highest BCUT2D eigenvalue weighted by molar-refractivity contribution is 6.03. The van der Waals surface area contributed by atoms with E-state index in [1.807, 2.05) is 0 Å². The molecule has 2 N–H and O–H groups in total. The van der Waals surface area contributed by atoms with E-state index in [0.29, 0.717) is 35.4 Å². The Hall–Kier alpha value is -3.63. The van der Waals surface area contributed by atoms with Crippen LogP contribution in [0.4, 0.5) is 30.6 Å². The lowest BCUT2D eigenvalue weighted by Gasteiger charge is -2.32. The molecule has 31 heavy (non-hydrogen) atoms. The summed E-state index contributed by atoms with van der Waals surface area (Å²) < 4.78 is 39.3. The molecule has 3 aromatic rings. The summed E-state index contributed by atoms with van der Waals surface area (Å²) in [6.45, 7) is 4.00. The number of aryl methyl sites for hydroxylation is 1. The van der Waals surface area contributed by atoms with Crippen LogP contribution in [0.1, 0.15) is 23.9 Å². The molecule has 0 saturated carbocycles. The summed E-state index contributed by atoms with van der Waals surface area (Å²) in [6.07, 6.45) is -3.20. The molecule has 1 aromatic carbocycles. The Morgan fingerprint density at radius 2 is 1.87 bits per heavy atom. The second-order valence-electron chi connectivity index (χ2n) is 7.27. The van der Waals surface area contributed by atoms with E-state index in [1.165, 1.54) is 10.9 Å². The maximum Gasteiger partial charge on any atom is 0.435 e. The smallest absolute Gasteiger partial charge is 0.350 e. The molecule has 0 unspecified atom stereocenters. The van der Waals surface area contributed by atoms with E-state index in [2.05, 4.69) is 25.7 Å². The van der Waals surface area contributed by atoms with Crippen molar-refractivity contribution in [2.75, 3.05) is 22.6 Å². The molecular formula is C20H20F3N7O. The molecule has 3 heterocycles. The van der Waals surface area contributed by atoms with E-state index in [0.717, 1.165) is 11.6 Å². The van der Waals surface area contributed by atoms with Gasteiger partial charge in [0.25, 0.3) is 0 Å². The normalized spacial score (nSPS) is 16.1. The fourth-order valence-corrected chi connectivity index (χ4v) is 3.19. The molecule has 162 valence electrons. The number of amides is 1. The average molecular weight is 431 g/mol. The van der Waals surface area contributed by atoms with Crippen molar-refractivity contribution in [3.8, 4) is 5.69 Å². The summed E-state index contributed by atoms with van der Waals surface area (Å²) in [5.74, 6) is 0.941. The third-order valence-electron chi connectivity index (χ3n) is 5.14. The van der Waals surface area contributed by atoms with E-state index < -0.39 is 11.9 Å².